The number of pyridine rings is 1. The van der Waals surface area contributed by atoms with Crippen molar-refractivity contribution in [2.24, 2.45) is 0 Å². The number of nitriles is 1. The molecule has 2 fully saturated rings. The fraction of sp³-hybridized carbons (Fsp3) is 0.400. The summed E-state index contributed by atoms with van der Waals surface area (Å²) >= 11 is 0. The third kappa shape index (κ3) is 3.24. The van der Waals surface area contributed by atoms with Crippen LogP contribution in [0.15, 0.2) is 30.6 Å². The molecule has 2 saturated heterocycles. The molecule has 2 aliphatic heterocycles. The lowest BCUT2D eigenvalue weighted by molar-refractivity contribution is 0.202. The van der Waals surface area contributed by atoms with E-state index in [4.69, 9.17) is 0 Å². The second-order valence-electron chi connectivity index (χ2n) is 6.70. The summed E-state index contributed by atoms with van der Waals surface area (Å²) in [5, 5.41) is 9.26. The maximum Gasteiger partial charge on any atom is 0.183 e. The highest BCUT2D eigenvalue weighted by Crippen LogP contribution is 2.29. The van der Waals surface area contributed by atoms with Gasteiger partial charge in [0.2, 0.25) is 0 Å². The van der Waals surface area contributed by atoms with Crippen molar-refractivity contribution in [2.45, 2.75) is 31.8 Å². The molecule has 0 aromatic carbocycles. The molecular formula is C20H20N6. The highest BCUT2D eigenvalue weighted by atomic mass is 15.3. The van der Waals surface area contributed by atoms with Crippen LogP contribution in [-0.2, 0) is 0 Å². The van der Waals surface area contributed by atoms with Crippen LogP contribution in [-0.4, -0.2) is 51.6 Å². The van der Waals surface area contributed by atoms with E-state index >= 15 is 0 Å². The summed E-state index contributed by atoms with van der Waals surface area (Å²) in [5.74, 6) is 7.36. The van der Waals surface area contributed by atoms with E-state index in [1.807, 2.05) is 25.1 Å². The summed E-state index contributed by atoms with van der Waals surface area (Å²) in [6.45, 7) is 4.61. The molecule has 4 rings (SSSR count). The highest BCUT2D eigenvalue weighted by Gasteiger charge is 2.37. The van der Waals surface area contributed by atoms with Gasteiger partial charge in [-0.3, -0.25) is 4.90 Å². The van der Waals surface area contributed by atoms with Gasteiger partial charge >= 0.3 is 0 Å². The monoisotopic (exact) mass is 344 g/mol. The molecule has 2 unspecified atom stereocenters. The van der Waals surface area contributed by atoms with Gasteiger partial charge in [-0.15, -0.1) is 0 Å². The fourth-order valence-corrected chi connectivity index (χ4v) is 3.81. The van der Waals surface area contributed by atoms with Crippen molar-refractivity contribution in [3.05, 3.63) is 47.7 Å². The third-order valence-electron chi connectivity index (χ3n) is 5.04. The standard InChI is InChI=1S/C20H20N6/c1-15-3-2-4-16(24-15)5-6-17-7-8-18-14-25(11-12-26(17)18)20-19(13-21)22-9-10-23-20/h2-4,9-10,17-18H,7-8,11-12,14H2,1H3. The van der Waals surface area contributed by atoms with Gasteiger partial charge in [-0.1, -0.05) is 12.0 Å². The van der Waals surface area contributed by atoms with Gasteiger partial charge in [0.05, 0.1) is 6.04 Å². The minimum atomic E-state index is 0.279. The van der Waals surface area contributed by atoms with Gasteiger partial charge in [0.15, 0.2) is 11.5 Å². The van der Waals surface area contributed by atoms with Crippen molar-refractivity contribution in [3.63, 3.8) is 0 Å². The van der Waals surface area contributed by atoms with E-state index in [2.05, 4.69) is 42.7 Å². The van der Waals surface area contributed by atoms with Crippen LogP contribution in [0.25, 0.3) is 0 Å². The predicted octanol–water partition coefficient (Wildman–Crippen LogP) is 1.76. The number of piperazine rings is 1. The van der Waals surface area contributed by atoms with E-state index in [1.54, 1.807) is 12.4 Å². The number of aryl methyl sites for hydroxylation is 1. The molecule has 0 saturated carbocycles. The van der Waals surface area contributed by atoms with E-state index in [0.29, 0.717) is 17.6 Å². The van der Waals surface area contributed by atoms with Crippen LogP contribution in [0.2, 0.25) is 0 Å². The molecule has 0 aliphatic carbocycles. The van der Waals surface area contributed by atoms with Crippen LogP contribution < -0.4 is 4.90 Å². The van der Waals surface area contributed by atoms with Crippen LogP contribution in [0, 0.1) is 30.1 Å². The molecule has 4 heterocycles. The minimum absolute atomic E-state index is 0.279. The number of nitrogens with zero attached hydrogens (tertiary/aromatic N) is 6. The van der Waals surface area contributed by atoms with Crippen LogP contribution >= 0.6 is 0 Å². The Labute approximate surface area is 153 Å². The second kappa shape index (κ2) is 7.11. The predicted molar refractivity (Wildman–Crippen MR) is 98.3 cm³/mol. The Hall–Kier alpha value is -2.96. The maximum atomic E-state index is 9.26. The zero-order valence-corrected chi connectivity index (χ0v) is 14.8. The summed E-state index contributed by atoms with van der Waals surface area (Å²) in [4.78, 5) is 17.6. The van der Waals surface area contributed by atoms with E-state index in [-0.39, 0.29) is 6.04 Å². The van der Waals surface area contributed by atoms with E-state index in [1.165, 1.54) is 0 Å². The summed E-state index contributed by atoms with van der Waals surface area (Å²) < 4.78 is 0. The molecule has 0 amide bonds. The van der Waals surface area contributed by atoms with E-state index in [9.17, 15) is 5.26 Å². The number of hydrogen-bond acceptors (Lipinski definition) is 6. The quantitative estimate of drug-likeness (QED) is 0.734. The van der Waals surface area contributed by atoms with Gasteiger partial charge in [0, 0.05) is 43.8 Å². The molecule has 0 bridgehead atoms. The lowest BCUT2D eigenvalue weighted by Gasteiger charge is -2.39. The van der Waals surface area contributed by atoms with Gasteiger partial charge in [-0.25, -0.2) is 15.0 Å². The molecule has 0 spiro atoms. The summed E-state index contributed by atoms with van der Waals surface area (Å²) in [5.41, 5.74) is 2.23. The first-order valence-corrected chi connectivity index (χ1v) is 8.91. The first-order valence-electron chi connectivity index (χ1n) is 8.91. The SMILES string of the molecule is Cc1cccc(C#CC2CCC3CN(c4nccnc4C#N)CCN23)n1. The Bertz CT molecular complexity index is 906. The van der Waals surface area contributed by atoms with Crippen LogP contribution in [0.4, 0.5) is 5.82 Å². The molecule has 26 heavy (non-hydrogen) atoms. The Morgan fingerprint density at radius 3 is 2.88 bits per heavy atom. The number of anilines is 1. The first-order chi connectivity index (χ1) is 12.7. The van der Waals surface area contributed by atoms with Crippen molar-refractivity contribution in [3.8, 4) is 17.9 Å². The first kappa shape index (κ1) is 16.5. The van der Waals surface area contributed by atoms with Crippen molar-refractivity contribution in [2.75, 3.05) is 24.5 Å². The van der Waals surface area contributed by atoms with Crippen molar-refractivity contribution in [1.29, 1.82) is 5.26 Å². The molecule has 6 nitrogen and oxygen atoms in total. The molecule has 2 aromatic rings. The summed E-state index contributed by atoms with van der Waals surface area (Å²) in [7, 11) is 0. The summed E-state index contributed by atoms with van der Waals surface area (Å²) in [6.07, 6.45) is 5.40. The Morgan fingerprint density at radius 2 is 2.04 bits per heavy atom. The largest absolute Gasteiger partial charge is 0.351 e. The van der Waals surface area contributed by atoms with Crippen molar-refractivity contribution < 1.29 is 0 Å². The fourth-order valence-electron chi connectivity index (χ4n) is 3.81. The van der Waals surface area contributed by atoms with Crippen LogP contribution in [0.5, 0.6) is 0 Å². The average molecular weight is 344 g/mol. The third-order valence-corrected chi connectivity index (χ3v) is 5.04. The second-order valence-corrected chi connectivity index (χ2v) is 6.70. The van der Waals surface area contributed by atoms with Gasteiger partial charge in [-0.05, 0) is 37.8 Å². The van der Waals surface area contributed by atoms with Gasteiger partial charge in [0.25, 0.3) is 0 Å². The van der Waals surface area contributed by atoms with Gasteiger partial charge in [0.1, 0.15) is 11.8 Å². The maximum absolute atomic E-state index is 9.26. The van der Waals surface area contributed by atoms with E-state index in [0.717, 1.165) is 43.9 Å². The van der Waals surface area contributed by atoms with Crippen LogP contribution in [0.1, 0.15) is 29.9 Å². The Kier molecular flexibility index (Phi) is 4.51. The molecule has 2 atom stereocenters. The van der Waals surface area contributed by atoms with Crippen LogP contribution in [0.3, 0.4) is 0 Å². The molecule has 0 N–H and O–H groups in total. The molecule has 2 aliphatic rings. The Morgan fingerprint density at radius 1 is 1.15 bits per heavy atom. The number of hydrogen-bond donors (Lipinski definition) is 0. The molecular weight excluding hydrogens is 324 g/mol. The smallest absolute Gasteiger partial charge is 0.183 e. The molecule has 2 aromatic heterocycles. The molecule has 0 radical (unpaired) electrons. The number of fused-ring (bicyclic) bond motifs is 1. The topological polar surface area (TPSA) is 68.9 Å². The Balaban J connectivity index is 1.47. The number of aromatic nitrogens is 3. The highest BCUT2D eigenvalue weighted by molar-refractivity contribution is 5.50. The van der Waals surface area contributed by atoms with Gasteiger partial charge < -0.3 is 4.90 Å². The zero-order chi connectivity index (χ0) is 17.9. The lowest BCUT2D eigenvalue weighted by Crippen LogP contribution is -2.52. The van der Waals surface area contributed by atoms with Crippen molar-refractivity contribution in [1.82, 2.24) is 19.9 Å². The van der Waals surface area contributed by atoms with E-state index < -0.39 is 0 Å². The summed E-state index contributed by atoms with van der Waals surface area (Å²) in [6, 6.07) is 8.81. The molecule has 6 heteroatoms. The minimum Gasteiger partial charge on any atom is -0.351 e. The zero-order valence-electron chi connectivity index (χ0n) is 14.8. The van der Waals surface area contributed by atoms with Crippen molar-refractivity contribution >= 4 is 5.82 Å². The molecule has 130 valence electrons. The normalized spacial score (nSPS) is 22.2. The lowest BCUT2D eigenvalue weighted by atomic mass is 10.1. The number of rotatable bonds is 1. The van der Waals surface area contributed by atoms with Gasteiger partial charge in [-0.2, -0.15) is 5.26 Å². The average Bonchev–Trinajstić information content (AvgIpc) is 3.08.